The zero-order valence-corrected chi connectivity index (χ0v) is 16.2. The number of carbonyl (C=O) groups excluding carboxylic acids is 2. The van der Waals surface area contributed by atoms with Crippen molar-refractivity contribution in [2.24, 2.45) is 0 Å². The van der Waals surface area contributed by atoms with Crippen molar-refractivity contribution in [3.8, 4) is 6.07 Å². The Hall–Kier alpha value is -3.93. The van der Waals surface area contributed by atoms with E-state index in [0.717, 1.165) is 0 Å². The van der Waals surface area contributed by atoms with Crippen LogP contribution in [0.3, 0.4) is 0 Å². The SMILES string of the molecule is N#CCCN(Cc1ccco1)C(=O)COC(=O)CCc1nc2ccccc2c(=O)[nH]1. The fraction of sp³-hybridized carbons (Fsp3) is 0.286. The van der Waals surface area contributed by atoms with Gasteiger partial charge < -0.3 is 19.0 Å². The number of amides is 1. The Kier molecular flexibility index (Phi) is 6.95. The van der Waals surface area contributed by atoms with Gasteiger partial charge in [0.1, 0.15) is 11.6 Å². The molecular weight excluding hydrogens is 388 g/mol. The van der Waals surface area contributed by atoms with Gasteiger partial charge in [0.2, 0.25) is 0 Å². The lowest BCUT2D eigenvalue weighted by atomic mass is 10.2. The standard InChI is InChI=1S/C21H20N4O5/c22-10-4-11-25(13-15-5-3-12-29-15)19(26)14-30-20(27)9-8-18-23-17-7-2-1-6-16(17)21(28)24-18/h1-3,5-7,12H,4,8-9,11,13-14H2,(H,23,24,28). The number of H-pyrrole nitrogens is 1. The smallest absolute Gasteiger partial charge is 0.306 e. The van der Waals surface area contributed by atoms with Crippen molar-refractivity contribution in [2.45, 2.75) is 25.8 Å². The molecule has 0 aliphatic carbocycles. The second-order valence-corrected chi connectivity index (χ2v) is 6.49. The maximum absolute atomic E-state index is 12.4. The molecule has 0 fully saturated rings. The second-order valence-electron chi connectivity index (χ2n) is 6.49. The number of para-hydroxylation sites is 1. The van der Waals surface area contributed by atoms with Crippen molar-refractivity contribution in [2.75, 3.05) is 13.2 Å². The third-order valence-corrected chi connectivity index (χ3v) is 4.36. The molecule has 0 atom stereocenters. The number of rotatable bonds is 9. The Morgan fingerprint density at radius 3 is 2.83 bits per heavy atom. The first kappa shape index (κ1) is 20.8. The van der Waals surface area contributed by atoms with Crippen LogP contribution in [0.15, 0.2) is 51.9 Å². The molecule has 0 bridgehead atoms. The number of aryl methyl sites for hydroxylation is 1. The Morgan fingerprint density at radius 1 is 1.23 bits per heavy atom. The van der Waals surface area contributed by atoms with E-state index in [1.54, 1.807) is 36.4 Å². The van der Waals surface area contributed by atoms with Crippen LogP contribution in [0, 0.1) is 11.3 Å². The quantitative estimate of drug-likeness (QED) is 0.536. The van der Waals surface area contributed by atoms with Crippen LogP contribution >= 0.6 is 0 Å². The molecule has 2 aromatic heterocycles. The van der Waals surface area contributed by atoms with E-state index in [-0.39, 0.29) is 37.9 Å². The molecule has 0 spiro atoms. The van der Waals surface area contributed by atoms with Crippen molar-refractivity contribution in [3.05, 3.63) is 64.6 Å². The van der Waals surface area contributed by atoms with Gasteiger partial charge in [0.05, 0.1) is 42.6 Å². The summed E-state index contributed by atoms with van der Waals surface area (Å²) in [5.74, 6) is -0.0704. The predicted molar refractivity (Wildman–Crippen MR) is 106 cm³/mol. The number of aromatic amines is 1. The number of nitrogens with zero attached hydrogens (tertiary/aromatic N) is 3. The fourth-order valence-electron chi connectivity index (χ4n) is 2.85. The van der Waals surface area contributed by atoms with Gasteiger partial charge in [0.25, 0.3) is 11.5 Å². The number of carbonyl (C=O) groups is 2. The fourth-order valence-corrected chi connectivity index (χ4v) is 2.85. The summed E-state index contributed by atoms with van der Waals surface area (Å²) in [5, 5.41) is 9.25. The molecule has 3 aromatic rings. The number of aromatic nitrogens is 2. The normalized spacial score (nSPS) is 10.5. The third-order valence-electron chi connectivity index (χ3n) is 4.36. The van der Waals surface area contributed by atoms with Gasteiger partial charge in [0, 0.05) is 13.0 Å². The van der Waals surface area contributed by atoms with Crippen LogP contribution < -0.4 is 5.56 Å². The average Bonchev–Trinajstić information content (AvgIpc) is 3.26. The second kappa shape index (κ2) is 10.0. The molecule has 1 N–H and O–H groups in total. The van der Waals surface area contributed by atoms with Crippen LogP contribution in [0.5, 0.6) is 0 Å². The van der Waals surface area contributed by atoms with E-state index in [0.29, 0.717) is 22.5 Å². The van der Waals surface area contributed by atoms with Crippen LogP contribution in [-0.4, -0.2) is 39.9 Å². The van der Waals surface area contributed by atoms with E-state index in [4.69, 9.17) is 14.4 Å². The zero-order valence-electron chi connectivity index (χ0n) is 16.2. The van der Waals surface area contributed by atoms with Crippen molar-refractivity contribution in [3.63, 3.8) is 0 Å². The summed E-state index contributed by atoms with van der Waals surface area (Å²) < 4.78 is 10.3. The van der Waals surface area contributed by atoms with E-state index in [1.807, 2.05) is 6.07 Å². The predicted octanol–water partition coefficient (Wildman–Crippen LogP) is 1.93. The lowest BCUT2D eigenvalue weighted by molar-refractivity contribution is -0.152. The number of hydrogen-bond donors (Lipinski definition) is 1. The molecule has 30 heavy (non-hydrogen) atoms. The lowest BCUT2D eigenvalue weighted by Crippen LogP contribution is -2.35. The number of nitrogens with one attached hydrogen (secondary N) is 1. The minimum atomic E-state index is -0.586. The number of benzene rings is 1. The molecule has 0 aliphatic heterocycles. The van der Waals surface area contributed by atoms with Gasteiger partial charge in [-0.3, -0.25) is 14.4 Å². The monoisotopic (exact) mass is 408 g/mol. The maximum Gasteiger partial charge on any atom is 0.306 e. The highest BCUT2D eigenvalue weighted by atomic mass is 16.5. The van der Waals surface area contributed by atoms with E-state index in [1.165, 1.54) is 11.2 Å². The summed E-state index contributed by atoms with van der Waals surface area (Å²) in [5.41, 5.74) is 0.274. The van der Waals surface area contributed by atoms with Crippen LogP contribution in [0.1, 0.15) is 24.4 Å². The highest BCUT2D eigenvalue weighted by Crippen LogP contribution is 2.08. The van der Waals surface area contributed by atoms with Crippen molar-refractivity contribution < 1.29 is 18.7 Å². The molecule has 0 aliphatic rings. The first-order valence-electron chi connectivity index (χ1n) is 9.37. The molecule has 1 aromatic carbocycles. The van der Waals surface area contributed by atoms with E-state index in [2.05, 4.69) is 9.97 Å². The van der Waals surface area contributed by atoms with Gasteiger partial charge in [-0.1, -0.05) is 12.1 Å². The molecule has 9 heteroatoms. The van der Waals surface area contributed by atoms with Crippen LogP contribution in [0.4, 0.5) is 0 Å². The molecular formula is C21H20N4O5. The molecule has 0 unspecified atom stereocenters. The number of ether oxygens (including phenoxy) is 1. The first-order valence-corrected chi connectivity index (χ1v) is 9.37. The van der Waals surface area contributed by atoms with Crippen LogP contribution in [0.2, 0.25) is 0 Å². The van der Waals surface area contributed by atoms with Gasteiger partial charge in [-0.05, 0) is 24.3 Å². The van der Waals surface area contributed by atoms with Crippen molar-refractivity contribution in [1.82, 2.24) is 14.9 Å². The molecule has 9 nitrogen and oxygen atoms in total. The number of fused-ring (bicyclic) bond motifs is 1. The number of furan rings is 1. The molecule has 154 valence electrons. The molecule has 0 saturated heterocycles. The van der Waals surface area contributed by atoms with Crippen LogP contribution in [-0.2, 0) is 27.3 Å². The highest BCUT2D eigenvalue weighted by Gasteiger charge is 2.17. The minimum absolute atomic E-state index is 0.0368. The summed E-state index contributed by atoms with van der Waals surface area (Å²) in [6.45, 7) is -0.0459. The number of nitriles is 1. The Balaban J connectivity index is 1.52. The van der Waals surface area contributed by atoms with Crippen LogP contribution in [0.25, 0.3) is 10.9 Å². The summed E-state index contributed by atoms with van der Waals surface area (Å²) in [6.07, 6.45) is 1.79. The minimum Gasteiger partial charge on any atom is -0.467 e. The molecule has 0 radical (unpaired) electrons. The van der Waals surface area contributed by atoms with Crippen molar-refractivity contribution in [1.29, 1.82) is 5.26 Å². The van der Waals surface area contributed by atoms with E-state index < -0.39 is 18.5 Å². The topological polar surface area (TPSA) is 129 Å². The summed E-state index contributed by atoms with van der Waals surface area (Å²) in [7, 11) is 0. The Labute approximate surface area is 171 Å². The first-order chi connectivity index (χ1) is 14.6. The molecule has 0 saturated carbocycles. The van der Waals surface area contributed by atoms with Gasteiger partial charge >= 0.3 is 5.97 Å². The van der Waals surface area contributed by atoms with E-state index in [9.17, 15) is 14.4 Å². The highest BCUT2D eigenvalue weighted by molar-refractivity contribution is 5.81. The third kappa shape index (κ3) is 5.54. The zero-order chi connectivity index (χ0) is 21.3. The van der Waals surface area contributed by atoms with Gasteiger partial charge in [0.15, 0.2) is 6.61 Å². The largest absolute Gasteiger partial charge is 0.467 e. The maximum atomic E-state index is 12.4. The van der Waals surface area contributed by atoms with Gasteiger partial charge in [-0.15, -0.1) is 0 Å². The summed E-state index contributed by atoms with van der Waals surface area (Å²) in [6, 6.07) is 12.3. The summed E-state index contributed by atoms with van der Waals surface area (Å²) in [4.78, 5) is 44.9. The molecule has 2 heterocycles. The van der Waals surface area contributed by atoms with Gasteiger partial charge in [-0.25, -0.2) is 4.98 Å². The number of esters is 1. The van der Waals surface area contributed by atoms with E-state index >= 15 is 0 Å². The van der Waals surface area contributed by atoms with Gasteiger partial charge in [-0.2, -0.15) is 5.26 Å². The lowest BCUT2D eigenvalue weighted by Gasteiger charge is -2.20. The molecule has 1 amide bonds. The Morgan fingerprint density at radius 2 is 2.07 bits per heavy atom. The molecule has 3 rings (SSSR count). The Bertz CT molecular complexity index is 1110. The summed E-state index contributed by atoms with van der Waals surface area (Å²) >= 11 is 0. The number of hydrogen-bond acceptors (Lipinski definition) is 7. The van der Waals surface area contributed by atoms with Crippen molar-refractivity contribution >= 4 is 22.8 Å². The average molecular weight is 408 g/mol.